The van der Waals surface area contributed by atoms with Crippen LogP contribution in [0.25, 0.3) is 5.65 Å². The molecule has 0 spiro atoms. The van der Waals surface area contributed by atoms with Crippen LogP contribution >= 0.6 is 39.9 Å². The number of nitrogens with one attached hydrogen (secondary N) is 1. The number of aromatic nitrogens is 4. The molecule has 0 unspecified atom stereocenters. The van der Waals surface area contributed by atoms with Crippen LogP contribution < -0.4 is 0 Å². The lowest BCUT2D eigenvalue weighted by Gasteiger charge is -1.99. The van der Waals surface area contributed by atoms with Crippen molar-refractivity contribution < 1.29 is 0 Å². The minimum Gasteiger partial charge on any atom is -0.269 e. The number of imidazole rings is 1. The molecule has 0 amide bonds. The second-order valence-electron chi connectivity index (χ2n) is 2.28. The van der Waals surface area contributed by atoms with Gasteiger partial charge >= 0.3 is 0 Å². The molecule has 0 aliphatic rings. The van der Waals surface area contributed by atoms with Crippen molar-refractivity contribution in [2.45, 2.75) is 5.16 Å². The maximum absolute atomic E-state index is 5.07. The molecule has 0 fully saturated rings. The van der Waals surface area contributed by atoms with Crippen molar-refractivity contribution in [3.63, 3.8) is 0 Å². The second-order valence-corrected chi connectivity index (χ2v) is 4.27. The quantitative estimate of drug-likeness (QED) is 0.641. The highest BCUT2D eigenvalue weighted by Crippen LogP contribution is 2.14. The van der Waals surface area contributed by atoms with E-state index >= 15 is 0 Å². The third-order valence-corrected chi connectivity index (χ3v) is 2.92. The fourth-order valence-electron chi connectivity index (χ4n) is 0.942. The molecule has 0 aliphatic heterocycles. The number of hydrogen-bond acceptors (Lipinski definition) is 4. The van der Waals surface area contributed by atoms with Crippen molar-refractivity contribution in [3.05, 3.63) is 15.4 Å². The minimum atomic E-state index is 0.508. The molecule has 2 aromatic heterocycles. The van der Waals surface area contributed by atoms with E-state index in [0.717, 1.165) is 9.76 Å². The van der Waals surface area contributed by atoms with Crippen molar-refractivity contribution in [3.8, 4) is 0 Å². The Hall–Kier alpha value is -0.400. The minimum absolute atomic E-state index is 0.508. The summed E-state index contributed by atoms with van der Waals surface area (Å²) < 4.78 is 3.11. The third-order valence-electron chi connectivity index (χ3n) is 1.51. The molecule has 7 heteroatoms. The molecule has 1 N–H and O–H groups in total. The van der Waals surface area contributed by atoms with Crippen LogP contribution in [-0.2, 0) is 0 Å². The van der Waals surface area contributed by atoms with E-state index in [1.807, 2.05) is 6.26 Å². The van der Waals surface area contributed by atoms with E-state index in [1.165, 1.54) is 11.8 Å². The number of rotatable bonds is 1. The van der Waals surface area contributed by atoms with Crippen molar-refractivity contribution >= 4 is 45.6 Å². The average molecular weight is 277 g/mol. The van der Waals surface area contributed by atoms with E-state index in [2.05, 4.69) is 31.0 Å². The summed E-state index contributed by atoms with van der Waals surface area (Å²) in [5.74, 6) is 0. The number of hydrogen-bond donors (Lipinski definition) is 1. The first kappa shape index (κ1) is 9.17. The Balaban J connectivity index is 2.88. The van der Waals surface area contributed by atoms with Gasteiger partial charge in [0.25, 0.3) is 0 Å². The van der Waals surface area contributed by atoms with E-state index in [9.17, 15) is 0 Å². The first-order valence-electron chi connectivity index (χ1n) is 3.39. The highest BCUT2D eigenvalue weighted by molar-refractivity contribution is 9.10. The fourth-order valence-corrected chi connectivity index (χ4v) is 1.96. The lowest BCUT2D eigenvalue weighted by atomic mass is 10.8. The zero-order chi connectivity index (χ0) is 9.42. The van der Waals surface area contributed by atoms with Gasteiger partial charge in [-0.3, -0.25) is 5.10 Å². The number of aromatic amines is 1. The van der Waals surface area contributed by atoms with Gasteiger partial charge in [0.05, 0.1) is 6.20 Å². The number of thioether (sulfide) groups is 1. The molecule has 4 nitrogen and oxygen atoms in total. The highest BCUT2D eigenvalue weighted by Gasteiger charge is 2.04. The molecule has 68 valence electrons. The van der Waals surface area contributed by atoms with E-state index in [4.69, 9.17) is 12.2 Å². The van der Waals surface area contributed by atoms with Crippen LogP contribution in [-0.4, -0.2) is 25.8 Å². The van der Waals surface area contributed by atoms with Gasteiger partial charge in [-0.1, -0.05) is 24.0 Å². The van der Waals surface area contributed by atoms with Gasteiger partial charge in [-0.25, -0.2) is 14.5 Å². The van der Waals surface area contributed by atoms with Gasteiger partial charge in [0.1, 0.15) is 4.60 Å². The van der Waals surface area contributed by atoms with Crippen molar-refractivity contribution in [2.24, 2.45) is 0 Å². The molecule has 2 rings (SSSR count). The number of H-pyrrole nitrogens is 1. The first-order chi connectivity index (χ1) is 6.22. The van der Waals surface area contributed by atoms with Crippen LogP contribution in [0.3, 0.4) is 0 Å². The van der Waals surface area contributed by atoms with E-state index in [1.54, 1.807) is 10.7 Å². The topological polar surface area (TPSA) is 46.0 Å². The van der Waals surface area contributed by atoms with Crippen molar-refractivity contribution in [1.29, 1.82) is 0 Å². The molecule has 0 aromatic carbocycles. The Kier molecular flexibility index (Phi) is 2.39. The van der Waals surface area contributed by atoms with Gasteiger partial charge in [-0.15, -0.1) is 0 Å². The zero-order valence-electron chi connectivity index (χ0n) is 6.61. The molecule has 0 aliphatic carbocycles. The molecule has 0 saturated carbocycles. The van der Waals surface area contributed by atoms with Gasteiger partial charge in [0.15, 0.2) is 15.4 Å². The number of fused-ring (bicyclic) bond motifs is 1. The molecular formula is C6H5BrN4S2. The summed E-state index contributed by atoms with van der Waals surface area (Å²) in [6.45, 7) is 0. The molecule has 0 radical (unpaired) electrons. The van der Waals surface area contributed by atoms with Crippen LogP contribution in [0.4, 0.5) is 0 Å². The summed E-state index contributed by atoms with van der Waals surface area (Å²) in [5, 5.41) is 3.83. The summed E-state index contributed by atoms with van der Waals surface area (Å²) in [4.78, 5) is 8.25. The van der Waals surface area contributed by atoms with Crippen LogP contribution in [0.15, 0.2) is 16.0 Å². The third kappa shape index (κ3) is 1.51. The zero-order valence-corrected chi connectivity index (χ0v) is 9.83. The first-order valence-corrected chi connectivity index (χ1v) is 5.82. The van der Waals surface area contributed by atoms with E-state index in [0.29, 0.717) is 10.3 Å². The van der Waals surface area contributed by atoms with Gasteiger partial charge in [0, 0.05) is 0 Å². The number of nitrogens with zero attached hydrogens (tertiary/aromatic N) is 3. The van der Waals surface area contributed by atoms with Crippen LogP contribution in [0.1, 0.15) is 0 Å². The van der Waals surface area contributed by atoms with Gasteiger partial charge in [0.2, 0.25) is 0 Å². The average Bonchev–Trinajstić information content (AvgIpc) is 2.48. The summed E-state index contributed by atoms with van der Waals surface area (Å²) >= 11 is 9.93. The summed E-state index contributed by atoms with van der Waals surface area (Å²) in [7, 11) is 0. The molecule has 2 aromatic rings. The smallest absolute Gasteiger partial charge is 0.190 e. The molecule has 0 saturated heterocycles. The SMILES string of the molecule is CSc1nc(=S)c2ncc(Br)n2[nH]1. The molecule has 13 heavy (non-hydrogen) atoms. The normalized spacial score (nSPS) is 10.9. The van der Waals surface area contributed by atoms with Crippen LogP contribution in [0, 0.1) is 4.64 Å². The Morgan fingerprint density at radius 3 is 3.15 bits per heavy atom. The second kappa shape index (κ2) is 3.39. The van der Waals surface area contributed by atoms with E-state index in [-0.39, 0.29) is 0 Å². The van der Waals surface area contributed by atoms with Crippen LogP contribution in [0.5, 0.6) is 0 Å². The Bertz CT molecular complexity index is 503. The largest absolute Gasteiger partial charge is 0.269 e. The highest BCUT2D eigenvalue weighted by atomic mass is 79.9. The molecule has 0 atom stereocenters. The monoisotopic (exact) mass is 276 g/mol. The van der Waals surface area contributed by atoms with Crippen LogP contribution in [0.2, 0.25) is 0 Å². The summed E-state index contributed by atoms with van der Waals surface area (Å²) in [6, 6.07) is 0. The lowest BCUT2D eigenvalue weighted by Crippen LogP contribution is -1.97. The molecule has 0 bridgehead atoms. The molecular weight excluding hydrogens is 272 g/mol. The standard InChI is InChI=1S/C6H5BrN4S2/c1-13-6-9-5(12)4-8-2-3(7)11(4)10-6/h2H,1H3,(H,9,10,12). The maximum atomic E-state index is 5.07. The lowest BCUT2D eigenvalue weighted by molar-refractivity contribution is 0.779. The Morgan fingerprint density at radius 2 is 2.46 bits per heavy atom. The number of halogens is 1. The molecule has 2 heterocycles. The van der Waals surface area contributed by atoms with Gasteiger partial charge < -0.3 is 0 Å². The summed E-state index contributed by atoms with van der Waals surface area (Å²) in [6.07, 6.45) is 3.62. The van der Waals surface area contributed by atoms with Gasteiger partial charge in [-0.2, -0.15) is 0 Å². The van der Waals surface area contributed by atoms with E-state index < -0.39 is 0 Å². The Morgan fingerprint density at radius 1 is 1.69 bits per heavy atom. The van der Waals surface area contributed by atoms with Crippen molar-refractivity contribution in [1.82, 2.24) is 19.6 Å². The predicted octanol–water partition coefficient (Wildman–Crippen LogP) is 2.27. The maximum Gasteiger partial charge on any atom is 0.190 e. The fraction of sp³-hybridized carbons (Fsp3) is 0.167. The summed E-state index contributed by atoms with van der Waals surface area (Å²) in [5.41, 5.74) is 0.666. The Labute approximate surface area is 91.9 Å². The van der Waals surface area contributed by atoms with Gasteiger partial charge in [-0.05, 0) is 22.2 Å². The predicted molar refractivity (Wildman–Crippen MR) is 57.7 cm³/mol. The van der Waals surface area contributed by atoms with Crippen molar-refractivity contribution in [2.75, 3.05) is 6.26 Å².